The molecule has 0 atom stereocenters. The van der Waals surface area contributed by atoms with Crippen LogP contribution in [0.3, 0.4) is 0 Å². The summed E-state index contributed by atoms with van der Waals surface area (Å²) >= 11 is 0. The van der Waals surface area contributed by atoms with Gasteiger partial charge < -0.3 is 18.6 Å². The van der Waals surface area contributed by atoms with Crippen LogP contribution in [0.15, 0.2) is 27.5 Å². The molecule has 3 heterocycles. The van der Waals surface area contributed by atoms with E-state index >= 15 is 0 Å². The van der Waals surface area contributed by atoms with Crippen LogP contribution in [0.2, 0.25) is 0 Å². The van der Waals surface area contributed by atoms with E-state index in [9.17, 15) is 4.79 Å². The van der Waals surface area contributed by atoms with Gasteiger partial charge in [-0.3, -0.25) is 9.69 Å². The van der Waals surface area contributed by atoms with Crippen molar-refractivity contribution < 1.29 is 18.5 Å². The third-order valence-electron chi connectivity index (χ3n) is 3.94. The van der Waals surface area contributed by atoms with Crippen LogP contribution in [-0.2, 0) is 35.6 Å². The molecular formula is C16H21N3O4. The first-order valence-electron chi connectivity index (χ1n) is 7.61. The highest BCUT2D eigenvalue weighted by Crippen LogP contribution is 2.24. The number of carbonyl (C=O) groups excluding carboxylic acids is 1. The summed E-state index contributed by atoms with van der Waals surface area (Å²) in [4.78, 5) is 15.4. The maximum atomic E-state index is 11.5. The predicted octanol–water partition coefficient (Wildman–Crippen LogP) is 1.43. The summed E-state index contributed by atoms with van der Waals surface area (Å²) in [6.07, 6.45) is 4.28. The van der Waals surface area contributed by atoms with Crippen molar-refractivity contribution >= 4 is 5.91 Å². The van der Waals surface area contributed by atoms with Crippen LogP contribution >= 0.6 is 0 Å². The van der Waals surface area contributed by atoms with Gasteiger partial charge in [0, 0.05) is 51.3 Å². The Hall–Kier alpha value is -2.12. The number of amides is 1. The minimum Gasteiger partial charge on any atom is -0.472 e. The van der Waals surface area contributed by atoms with E-state index in [0.29, 0.717) is 0 Å². The van der Waals surface area contributed by atoms with Crippen LogP contribution in [0, 0.1) is 0 Å². The maximum absolute atomic E-state index is 11.5. The van der Waals surface area contributed by atoms with Gasteiger partial charge in [0.05, 0.1) is 19.1 Å². The molecule has 0 unspecified atom stereocenters. The Labute approximate surface area is 134 Å². The number of hydrogen-bond donors (Lipinski definition) is 0. The third kappa shape index (κ3) is 3.80. The van der Waals surface area contributed by atoms with Crippen LogP contribution in [0.1, 0.15) is 22.6 Å². The van der Waals surface area contributed by atoms with Crippen LogP contribution in [0.4, 0.5) is 0 Å². The van der Waals surface area contributed by atoms with Crippen molar-refractivity contribution in [3.63, 3.8) is 0 Å². The highest BCUT2D eigenvalue weighted by Gasteiger charge is 2.24. The molecule has 0 aliphatic carbocycles. The summed E-state index contributed by atoms with van der Waals surface area (Å²) in [6.45, 7) is 2.86. The zero-order valence-electron chi connectivity index (χ0n) is 13.4. The summed E-state index contributed by atoms with van der Waals surface area (Å²) in [6, 6.07) is 1.97. The van der Waals surface area contributed by atoms with Crippen molar-refractivity contribution in [3.8, 4) is 0 Å². The van der Waals surface area contributed by atoms with Crippen molar-refractivity contribution in [2.75, 3.05) is 27.2 Å². The first-order valence-corrected chi connectivity index (χ1v) is 7.61. The van der Waals surface area contributed by atoms with Gasteiger partial charge in [-0.25, -0.2) is 0 Å². The summed E-state index contributed by atoms with van der Waals surface area (Å²) in [7, 11) is 3.41. The number of ether oxygens (including phenoxy) is 1. The second-order valence-electron chi connectivity index (χ2n) is 5.90. The first kappa shape index (κ1) is 15.8. The smallest absolute Gasteiger partial charge is 0.248 e. The van der Waals surface area contributed by atoms with Gasteiger partial charge in [-0.1, -0.05) is 5.16 Å². The Balaban J connectivity index is 1.58. The lowest BCUT2D eigenvalue weighted by Gasteiger charge is -2.25. The van der Waals surface area contributed by atoms with Crippen molar-refractivity contribution in [1.82, 2.24) is 15.0 Å². The fourth-order valence-corrected chi connectivity index (χ4v) is 2.57. The number of fused-ring (bicyclic) bond motifs is 1. The largest absolute Gasteiger partial charge is 0.472 e. The molecule has 2 aromatic rings. The minimum absolute atomic E-state index is 0.0490. The molecular weight excluding hydrogens is 298 g/mol. The molecule has 0 aromatic carbocycles. The third-order valence-corrected chi connectivity index (χ3v) is 3.94. The number of nitrogens with zero attached hydrogens (tertiary/aromatic N) is 3. The van der Waals surface area contributed by atoms with Crippen molar-refractivity contribution in [2.24, 2.45) is 0 Å². The molecule has 0 fully saturated rings. The van der Waals surface area contributed by atoms with Crippen LogP contribution in [0.25, 0.3) is 0 Å². The standard InChI is InChI=1S/C16H21N3O4/c1-18(2)16(20)11-22-10-14-13-8-19(5-3-15(13)23-17-14)7-12-4-6-21-9-12/h4,6,9H,3,5,7-8,10-11H2,1-2H3. The van der Waals surface area contributed by atoms with Gasteiger partial charge >= 0.3 is 0 Å². The van der Waals surface area contributed by atoms with Gasteiger partial charge in [-0.15, -0.1) is 0 Å². The molecule has 23 heavy (non-hydrogen) atoms. The van der Waals surface area contributed by atoms with E-state index < -0.39 is 0 Å². The van der Waals surface area contributed by atoms with Gasteiger partial charge in [0.25, 0.3) is 0 Å². The second-order valence-corrected chi connectivity index (χ2v) is 5.90. The van der Waals surface area contributed by atoms with Gasteiger partial charge in [-0.05, 0) is 6.07 Å². The lowest BCUT2D eigenvalue weighted by Crippen LogP contribution is -2.30. The van der Waals surface area contributed by atoms with E-state index in [2.05, 4.69) is 10.1 Å². The maximum Gasteiger partial charge on any atom is 0.248 e. The van der Waals surface area contributed by atoms with Crippen LogP contribution < -0.4 is 0 Å². The number of carbonyl (C=O) groups is 1. The van der Waals surface area contributed by atoms with Crippen molar-refractivity contribution in [2.45, 2.75) is 26.1 Å². The first-order chi connectivity index (χ1) is 11.1. The Bertz CT molecular complexity index is 648. The summed E-state index contributed by atoms with van der Waals surface area (Å²) in [5.41, 5.74) is 3.01. The zero-order chi connectivity index (χ0) is 16.2. The Kier molecular flexibility index (Phi) is 4.78. The molecule has 1 aliphatic heterocycles. The van der Waals surface area contributed by atoms with Gasteiger partial charge in [-0.2, -0.15) is 0 Å². The summed E-state index contributed by atoms with van der Waals surface area (Å²) in [5.74, 6) is 0.856. The fourth-order valence-electron chi connectivity index (χ4n) is 2.57. The van der Waals surface area contributed by atoms with Crippen molar-refractivity contribution in [3.05, 3.63) is 41.2 Å². The highest BCUT2D eigenvalue weighted by atomic mass is 16.5. The van der Waals surface area contributed by atoms with E-state index in [-0.39, 0.29) is 19.1 Å². The molecule has 2 aromatic heterocycles. The molecule has 0 N–H and O–H groups in total. The Morgan fingerprint density at radius 1 is 1.48 bits per heavy atom. The van der Waals surface area contributed by atoms with E-state index in [1.807, 2.05) is 6.07 Å². The Morgan fingerprint density at radius 3 is 3.09 bits per heavy atom. The number of rotatable bonds is 6. The molecule has 7 nitrogen and oxygen atoms in total. The van der Waals surface area contributed by atoms with E-state index in [1.165, 1.54) is 4.90 Å². The molecule has 0 radical (unpaired) electrons. The Morgan fingerprint density at radius 2 is 2.35 bits per heavy atom. The fraction of sp³-hybridized carbons (Fsp3) is 0.500. The zero-order valence-corrected chi connectivity index (χ0v) is 13.4. The topological polar surface area (TPSA) is 72.0 Å². The number of aromatic nitrogens is 1. The van der Waals surface area contributed by atoms with E-state index in [0.717, 1.165) is 48.6 Å². The lowest BCUT2D eigenvalue weighted by atomic mass is 10.1. The molecule has 0 bridgehead atoms. The average molecular weight is 319 g/mol. The van der Waals surface area contributed by atoms with Crippen LogP contribution in [0.5, 0.6) is 0 Å². The molecule has 7 heteroatoms. The van der Waals surface area contributed by atoms with Gasteiger partial charge in [0.15, 0.2) is 0 Å². The lowest BCUT2D eigenvalue weighted by molar-refractivity contribution is -0.134. The molecule has 0 spiro atoms. The quantitative estimate of drug-likeness (QED) is 0.802. The number of likely N-dealkylation sites (N-methyl/N-ethyl adjacent to an activating group) is 1. The SMILES string of the molecule is CN(C)C(=O)COCc1noc2c1CN(Cc1ccoc1)CC2. The second kappa shape index (κ2) is 6.97. The molecule has 0 saturated carbocycles. The summed E-state index contributed by atoms with van der Waals surface area (Å²) in [5, 5.41) is 4.10. The predicted molar refractivity (Wildman–Crippen MR) is 81.4 cm³/mol. The van der Waals surface area contributed by atoms with Gasteiger partial charge in [0.1, 0.15) is 18.1 Å². The molecule has 0 saturated heterocycles. The monoisotopic (exact) mass is 319 g/mol. The average Bonchev–Trinajstić information content (AvgIpc) is 3.17. The minimum atomic E-state index is -0.0658. The van der Waals surface area contributed by atoms with Crippen LogP contribution in [-0.4, -0.2) is 48.1 Å². The van der Waals surface area contributed by atoms with Crippen molar-refractivity contribution in [1.29, 1.82) is 0 Å². The molecule has 124 valence electrons. The highest BCUT2D eigenvalue weighted by molar-refractivity contribution is 5.76. The number of furan rings is 1. The summed E-state index contributed by atoms with van der Waals surface area (Å²) < 4.78 is 16.0. The number of hydrogen-bond acceptors (Lipinski definition) is 6. The van der Waals surface area contributed by atoms with E-state index in [4.69, 9.17) is 13.7 Å². The molecule has 1 aliphatic rings. The van der Waals surface area contributed by atoms with E-state index in [1.54, 1.807) is 26.6 Å². The van der Waals surface area contributed by atoms with Gasteiger partial charge in [0.2, 0.25) is 5.91 Å². The molecule has 1 amide bonds. The normalized spacial score (nSPS) is 14.7. The molecule has 3 rings (SSSR count).